The topological polar surface area (TPSA) is 64.9 Å². The number of fused-ring (bicyclic) bond motifs is 1. The highest BCUT2D eigenvalue weighted by molar-refractivity contribution is 5.69. The monoisotopic (exact) mass is 149 g/mol. The zero-order chi connectivity index (χ0) is 7.84. The maximum atomic E-state index is 5.44. The van der Waals surface area contributed by atoms with Gasteiger partial charge in [-0.3, -0.25) is 0 Å². The Bertz CT molecular complexity index is 393. The van der Waals surface area contributed by atoms with E-state index in [1.165, 1.54) is 0 Å². The van der Waals surface area contributed by atoms with Gasteiger partial charge in [-0.15, -0.1) is 0 Å². The molecule has 56 valence electrons. The fraction of sp³-hybridized carbons (Fsp3) is 0.143. The van der Waals surface area contributed by atoms with Gasteiger partial charge in [-0.1, -0.05) is 0 Å². The Labute approximate surface area is 63.1 Å². The van der Waals surface area contributed by atoms with Crippen molar-refractivity contribution in [1.82, 2.24) is 9.97 Å². The van der Waals surface area contributed by atoms with Crippen molar-refractivity contribution in [3.05, 3.63) is 18.0 Å². The molecule has 0 bridgehead atoms. The summed E-state index contributed by atoms with van der Waals surface area (Å²) in [7, 11) is 0. The average Bonchev–Trinajstić information content (AvgIpc) is 2.27. The molecule has 2 heterocycles. The molecule has 0 aliphatic carbocycles. The highest BCUT2D eigenvalue weighted by atomic mass is 16.3. The van der Waals surface area contributed by atoms with Gasteiger partial charge in [-0.2, -0.15) is 4.98 Å². The van der Waals surface area contributed by atoms with Gasteiger partial charge in [-0.05, 0) is 12.1 Å². The predicted molar refractivity (Wildman–Crippen MR) is 41.0 cm³/mol. The quantitative estimate of drug-likeness (QED) is 0.609. The average molecular weight is 149 g/mol. The molecule has 4 heteroatoms. The zero-order valence-corrected chi connectivity index (χ0v) is 6.03. The number of aromatic nitrogens is 2. The first kappa shape index (κ1) is 6.15. The zero-order valence-electron chi connectivity index (χ0n) is 6.03. The Balaban J connectivity index is 2.82. The second-order valence-electron chi connectivity index (χ2n) is 2.29. The Morgan fingerprint density at radius 1 is 1.36 bits per heavy atom. The molecular weight excluding hydrogens is 142 g/mol. The summed E-state index contributed by atoms with van der Waals surface area (Å²) in [6.07, 6.45) is 0. The van der Waals surface area contributed by atoms with Gasteiger partial charge in [0.15, 0.2) is 11.5 Å². The lowest BCUT2D eigenvalue weighted by molar-refractivity contribution is 0.561. The molecule has 0 aliphatic heterocycles. The Morgan fingerprint density at radius 3 is 3.00 bits per heavy atom. The SMILES string of the molecule is Cc1nc2nc(N)ccc2o1. The lowest BCUT2D eigenvalue weighted by Crippen LogP contribution is -1.88. The predicted octanol–water partition coefficient (Wildman–Crippen LogP) is 1.11. The summed E-state index contributed by atoms with van der Waals surface area (Å²) < 4.78 is 5.19. The molecule has 4 nitrogen and oxygen atoms in total. The van der Waals surface area contributed by atoms with Gasteiger partial charge in [0, 0.05) is 6.92 Å². The number of pyridine rings is 1. The van der Waals surface area contributed by atoms with Crippen LogP contribution in [0.2, 0.25) is 0 Å². The van der Waals surface area contributed by atoms with Crippen LogP contribution in [0.4, 0.5) is 5.82 Å². The van der Waals surface area contributed by atoms with E-state index in [2.05, 4.69) is 9.97 Å². The molecule has 0 spiro atoms. The van der Waals surface area contributed by atoms with Crippen molar-refractivity contribution in [2.24, 2.45) is 0 Å². The molecule has 0 aromatic carbocycles. The Kier molecular flexibility index (Phi) is 1.09. The molecule has 2 aromatic heterocycles. The van der Waals surface area contributed by atoms with E-state index in [0.29, 0.717) is 22.9 Å². The standard InChI is InChI=1S/C7H7N3O/c1-4-9-7-5(11-4)2-3-6(8)10-7/h2-3H,1H3,(H2,8,10). The fourth-order valence-corrected chi connectivity index (χ4v) is 0.941. The maximum absolute atomic E-state index is 5.44. The van der Waals surface area contributed by atoms with Crippen LogP contribution in [0.1, 0.15) is 5.89 Å². The Hall–Kier alpha value is -1.58. The van der Waals surface area contributed by atoms with Crippen LogP contribution < -0.4 is 5.73 Å². The van der Waals surface area contributed by atoms with Crippen molar-refractivity contribution in [1.29, 1.82) is 0 Å². The van der Waals surface area contributed by atoms with Crippen molar-refractivity contribution >= 4 is 17.0 Å². The van der Waals surface area contributed by atoms with Gasteiger partial charge in [0.05, 0.1) is 0 Å². The van der Waals surface area contributed by atoms with Crippen molar-refractivity contribution in [2.75, 3.05) is 5.73 Å². The minimum atomic E-state index is 0.464. The summed E-state index contributed by atoms with van der Waals surface area (Å²) in [6, 6.07) is 3.45. The van der Waals surface area contributed by atoms with E-state index in [-0.39, 0.29) is 0 Å². The number of hydrogen-bond donors (Lipinski definition) is 1. The number of hydrogen-bond acceptors (Lipinski definition) is 4. The van der Waals surface area contributed by atoms with E-state index in [1.807, 2.05) is 0 Å². The normalized spacial score (nSPS) is 10.6. The third kappa shape index (κ3) is 0.920. The number of nitrogen functional groups attached to an aromatic ring is 1. The van der Waals surface area contributed by atoms with Gasteiger partial charge >= 0.3 is 0 Å². The summed E-state index contributed by atoms with van der Waals surface area (Å²) in [4.78, 5) is 7.99. The summed E-state index contributed by atoms with van der Waals surface area (Å²) in [5.41, 5.74) is 6.69. The van der Waals surface area contributed by atoms with Crippen LogP contribution >= 0.6 is 0 Å². The van der Waals surface area contributed by atoms with E-state index < -0.39 is 0 Å². The van der Waals surface area contributed by atoms with Crippen LogP contribution in [0.5, 0.6) is 0 Å². The number of nitrogens with zero attached hydrogens (tertiary/aromatic N) is 2. The molecule has 0 saturated heterocycles. The van der Waals surface area contributed by atoms with Crippen molar-refractivity contribution in [2.45, 2.75) is 6.92 Å². The number of anilines is 1. The lowest BCUT2D eigenvalue weighted by atomic mass is 10.4. The molecule has 0 saturated carbocycles. The molecule has 0 radical (unpaired) electrons. The number of rotatable bonds is 0. The van der Waals surface area contributed by atoms with Crippen LogP contribution in [0, 0.1) is 6.92 Å². The Morgan fingerprint density at radius 2 is 2.18 bits per heavy atom. The van der Waals surface area contributed by atoms with Crippen LogP contribution in [0.15, 0.2) is 16.5 Å². The molecule has 2 rings (SSSR count). The van der Waals surface area contributed by atoms with Crippen LogP contribution in [0.25, 0.3) is 11.2 Å². The molecular formula is C7H7N3O. The van der Waals surface area contributed by atoms with E-state index >= 15 is 0 Å². The molecule has 0 fully saturated rings. The highest BCUT2D eigenvalue weighted by Gasteiger charge is 2.01. The molecule has 0 amide bonds. The second-order valence-corrected chi connectivity index (χ2v) is 2.29. The summed E-state index contributed by atoms with van der Waals surface area (Å²) >= 11 is 0. The second kappa shape index (κ2) is 1.95. The van der Waals surface area contributed by atoms with Gasteiger partial charge < -0.3 is 10.2 Å². The summed E-state index contributed by atoms with van der Waals surface area (Å²) in [6.45, 7) is 1.78. The fourth-order valence-electron chi connectivity index (χ4n) is 0.941. The minimum Gasteiger partial charge on any atom is -0.439 e. The minimum absolute atomic E-state index is 0.464. The van der Waals surface area contributed by atoms with E-state index in [9.17, 15) is 0 Å². The highest BCUT2D eigenvalue weighted by Crippen LogP contribution is 2.13. The smallest absolute Gasteiger partial charge is 0.200 e. The molecule has 0 aliphatic rings. The van der Waals surface area contributed by atoms with Crippen molar-refractivity contribution in [3.8, 4) is 0 Å². The first-order valence-corrected chi connectivity index (χ1v) is 3.25. The first-order valence-electron chi connectivity index (χ1n) is 3.25. The van der Waals surface area contributed by atoms with Crippen LogP contribution in [-0.4, -0.2) is 9.97 Å². The molecule has 0 atom stereocenters. The van der Waals surface area contributed by atoms with Crippen LogP contribution in [-0.2, 0) is 0 Å². The largest absolute Gasteiger partial charge is 0.439 e. The van der Waals surface area contributed by atoms with Gasteiger partial charge in [-0.25, -0.2) is 4.98 Å². The molecule has 2 N–H and O–H groups in total. The maximum Gasteiger partial charge on any atom is 0.200 e. The summed E-state index contributed by atoms with van der Waals surface area (Å²) in [5, 5.41) is 0. The van der Waals surface area contributed by atoms with Crippen LogP contribution in [0.3, 0.4) is 0 Å². The third-order valence-corrected chi connectivity index (χ3v) is 1.38. The molecule has 11 heavy (non-hydrogen) atoms. The van der Waals surface area contributed by atoms with E-state index in [0.717, 1.165) is 0 Å². The third-order valence-electron chi connectivity index (χ3n) is 1.38. The van der Waals surface area contributed by atoms with Gasteiger partial charge in [0.25, 0.3) is 0 Å². The molecule has 2 aromatic rings. The molecule has 0 unspecified atom stereocenters. The van der Waals surface area contributed by atoms with E-state index in [4.69, 9.17) is 10.2 Å². The number of oxazole rings is 1. The van der Waals surface area contributed by atoms with Crippen molar-refractivity contribution < 1.29 is 4.42 Å². The lowest BCUT2D eigenvalue weighted by Gasteiger charge is -1.87. The summed E-state index contributed by atoms with van der Waals surface area (Å²) in [5.74, 6) is 1.07. The number of aryl methyl sites for hydroxylation is 1. The first-order chi connectivity index (χ1) is 5.25. The van der Waals surface area contributed by atoms with Gasteiger partial charge in [0.2, 0.25) is 5.65 Å². The van der Waals surface area contributed by atoms with Gasteiger partial charge in [0.1, 0.15) is 5.82 Å². The number of nitrogens with two attached hydrogens (primary N) is 1. The van der Waals surface area contributed by atoms with E-state index in [1.54, 1.807) is 19.1 Å². The van der Waals surface area contributed by atoms with Crippen molar-refractivity contribution in [3.63, 3.8) is 0 Å².